The number of phenols is 1. The molecule has 8 rings (SSSR count). The summed E-state index contributed by atoms with van der Waals surface area (Å²) >= 11 is 3.46. The number of aromatic hydroxyl groups is 1. The molecule has 3 aromatic carbocycles. The Hall–Kier alpha value is -5.80. The number of phenolic OH excluding ortho intramolecular Hbond substituents is 1. The lowest BCUT2D eigenvalue weighted by atomic mass is 9.62. The summed E-state index contributed by atoms with van der Waals surface area (Å²) in [7, 11) is 0. The number of rotatable bonds is 8. The Morgan fingerprint density at radius 3 is 1.98 bits per heavy atom. The molecule has 2 aliphatic rings. The van der Waals surface area contributed by atoms with Crippen LogP contribution in [-0.2, 0) is 10.3 Å². The number of nitrogens with zero attached hydrogens (tertiary/aromatic N) is 4. The standard InChI is InChI=1S/C45H37BrN4O4/c1-27-12-16-29(17-13-27)33-26-45(37-11-5-8-24-49-37)40(43(53)35-10-4-7-23-48-35)38(30-18-14-28(2)15-19-30)41(34-9-3-6-22-47-34)50(45)44(54)39(33)42(52)32-25-31(46)20-21-36(32)51/h3-25,33,38-41,51H,26H2,1-2H3/t33-,38+,39+,40-,41-,45+/m1/s1. The Kier molecular flexibility index (Phi) is 9.27. The van der Waals surface area contributed by atoms with Crippen molar-refractivity contribution in [2.75, 3.05) is 0 Å². The van der Waals surface area contributed by atoms with Crippen molar-refractivity contribution in [2.24, 2.45) is 11.8 Å². The van der Waals surface area contributed by atoms with Gasteiger partial charge in [-0.25, -0.2) is 0 Å². The molecule has 0 radical (unpaired) electrons. The second-order valence-corrected chi connectivity index (χ2v) is 15.2. The van der Waals surface area contributed by atoms with Crippen molar-refractivity contribution >= 4 is 33.4 Å². The maximum atomic E-state index is 16.0. The average molecular weight is 778 g/mol. The highest BCUT2D eigenvalue weighted by Crippen LogP contribution is 2.65. The first kappa shape index (κ1) is 35.2. The monoisotopic (exact) mass is 776 g/mol. The first-order valence-electron chi connectivity index (χ1n) is 18.0. The summed E-state index contributed by atoms with van der Waals surface area (Å²) in [5, 5.41) is 11.1. The molecule has 1 amide bonds. The summed E-state index contributed by atoms with van der Waals surface area (Å²) < 4.78 is 0.592. The van der Waals surface area contributed by atoms with Gasteiger partial charge in [-0.15, -0.1) is 0 Å². The first-order chi connectivity index (χ1) is 26.2. The summed E-state index contributed by atoms with van der Waals surface area (Å²) in [6, 6.07) is 36.2. The van der Waals surface area contributed by atoms with Gasteiger partial charge < -0.3 is 10.0 Å². The molecule has 0 bridgehead atoms. The fourth-order valence-corrected chi connectivity index (χ4v) is 9.11. The average Bonchev–Trinajstić information content (AvgIpc) is 3.52. The van der Waals surface area contributed by atoms with E-state index in [1.165, 1.54) is 6.07 Å². The molecule has 6 aromatic rings. The third-order valence-electron chi connectivity index (χ3n) is 11.1. The number of carbonyl (C=O) groups excluding carboxylic acids is 3. The molecule has 2 saturated heterocycles. The van der Waals surface area contributed by atoms with Crippen molar-refractivity contribution in [3.63, 3.8) is 0 Å². The van der Waals surface area contributed by atoms with E-state index in [1.54, 1.807) is 53.8 Å². The molecule has 0 saturated carbocycles. The predicted octanol–water partition coefficient (Wildman–Crippen LogP) is 8.70. The summed E-state index contributed by atoms with van der Waals surface area (Å²) in [6.45, 7) is 3.99. The Balaban J connectivity index is 1.47. The van der Waals surface area contributed by atoms with Gasteiger partial charge in [-0.3, -0.25) is 29.3 Å². The number of hydrogen-bond donors (Lipinski definition) is 1. The van der Waals surface area contributed by atoms with Gasteiger partial charge in [0.05, 0.1) is 34.4 Å². The summed E-state index contributed by atoms with van der Waals surface area (Å²) in [5.74, 6) is -4.90. The van der Waals surface area contributed by atoms with E-state index >= 15 is 9.59 Å². The molecule has 0 spiro atoms. The number of amides is 1. The van der Waals surface area contributed by atoms with Gasteiger partial charge in [0.1, 0.15) is 17.4 Å². The van der Waals surface area contributed by atoms with Gasteiger partial charge in [0.15, 0.2) is 11.6 Å². The minimum atomic E-state index is -1.36. The highest BCUT2D eigenvalue weighted by molar-refractivity contribution is 9.10. The van der Waals surface area contributed by atoms with Crippen LogP contribution < -0.4 is 0 Å². The molecular formula is C45H37BrN4O4. The van der Waals surface area contributed by atoms with E-state index in [2.05, 4.69) is 20.9 Å². The molecule has 3 aromatic heterocycles. The molecule has 2 aliphatic heterocycles. The van der Waals surface area contributed by atoms with E-state index in [4.69, 9.17) is 9.97 Å². The predicted molar refractivity (Wildman–Crippen MR) is 208 cm³/mol. The van der Waals surface area contributed by atoms with Crippen molar-refractivity contribution in [3.05, 3.63) is 189 Å². The van der Waals surface area contributed by atoms with E-state index in [0.717, 1.165) is 22.3 Å². The van der Waals surface area contributed by atoms with Crippen molar-refractivity contribution in [2.45, 2.75) is 43.7 Å². The first-order valence-corrected chi connectivity index (χ1v) is 18.7. The maximum Gasteiger partial charge on any atom is 0.235 e. The molecule has 0 aliphatic carbocycles. The zero-order valence-electron chi connectivity index (χ0n) is 29.7. The van der Waals surface area contributed by atoms with Gasteiger partial charge in [-0.2, -0.15) is 0 Å². The number of carbonyl (C=O) groups is 3. The van der Waals surface area contributed by atoms with Crippen molar-refractivity contribution in [3.8, 4) is 5.75 Å². The van der Waals surface area contributed by atoms with Crippen LogP contribution in [0.4, 0.5) is 0 Å². The third kappa shape index (κ3) is 5.93. The second-order valence-electron chi connectivity index (χ2n) is 14.3. The van der Waals surface area contributed by atoms with Crippen LogP contribution in [0.1, 0.15) is 78.8 Å². The molecule has 2 fully saturated rings. The van der Waals surface area contributed by atoms with E-state index in [9.17, 15) is 9.90 Å². The van der Waals surface area contributed by atoms with Gasteiger partial charge >= 0.3 is 0 Å². The van der Waals surface area contributed by atoms with Crippen molar-refractivity contribution in [1.82, 2.24) is 19.9 Å². The van der Waals surface area contributed by atoms with Crippen LogP contribution >= 0.6 is 15.9 Å². The SMILES string of the molecule is Cc1ccc([C@@H]2[C@@H](c3ccccn3)N3C(=O)[C@H](C(=O)c4cc(Br)ccc4O)[C@@H](c4ccc(C)cc4)C[C@]3(c3ccccn3)[C@H]2C(=O)c2ccccn2)cc1. The molecule has 268 valence electrons. The minimum Gasteiger partial charge on any atom is -0.507 e. The smallest absolute Gasteiger partial charge is 0.235 e. The van der Waals surface area contributed by atoms with Crippen LogP contribution in [-0.4, -0.2) is 42.4 Å². The van der Waals surface area contributed by atoms with E-state index < -0.39 is 46.9 Å². The van der Waals surface area contributed by atoms with Crippen LogP contribution in [0, 0.1) is 25.7 Å². The Morgan fingerprint density at radius 2 is 1.37 bits per heavy atom. The zero-order valence-corrected chi connectivity index (χ0v) is 31.3. The fraction of sp³-hybridized carbons (Fsp3) is 0.200. The molecule has 8 nitrogen and oxygen atoms in total. The van der Waals surface area contributed by atoms with Crippen molar-refractivity contribution in [1.29, 1.82) is 0 Å². The highest BCUT2D eigenvalue weighted by atomic mass is 79.9. The topological polar surface area (TPSA) is 113 Å². The largest absolute Gasteiger partial charge is 0.507 e. The maximum absolute atomic E-state index is 16.0. The zero-order chi connectivity index (χ0) is 37.6. The molecular weight excluding hydrogens is 740 g/mol. The third-order valence-corrected chi connectivity index (χ3v) is 11.6. The molecule has 6 atom stereocenters. The normalized spacial score (nSPS) is 23.5. The number of pyridine rings is 3. The number of piperidine rings is 1. The molecule has 1 N–H and O–H groups in total. The van der Waals surface area contributed by atoms with Gasteiger partial charge in [-0.1, -0.05) is 93.8 Å². The van der Waals surface area contributed by atoms with E-state index in [1.807, 2.05) is 98.8 Å². The summed E-state index contributed by atoms with van der Waals surface area (Å²) in [4.78, 5) is 62.6. The quantitative estimate of drug-likeness (QED) is 0.122. The van der Waals surface area contributed by atoms with Gasteiger partial charge in [0.2, 0.25) is 5.91 Å². The molecule has 0 unspecified atom stereocenters. The molecule has 9 heteroatoms. The number of aryl methyl sites for hydroxylation is 2. The number of fused-ring (bicyclic) bond motifs is 1. The van der Waals surface area contributed by atoms with Crippen LogP contribution in [0.15, 0.2) is 144 Å². The lowest BCUT2D eigenvalue weighted by molar-refractivity contribution is -0.149. The second kappa shape index (κ2) is 14.2. The van der Waals surface area contributed by atoms with Crippen LogP contribution in [0.3, 0.4) is 0 Å². The van der Waals surface area contributed by atoms with Crippen LogP contribution in [0.25, 0.3) is 0 Å². The highest BCUT2D eigenvalue weighted by Gasteiger charge is 2.69. The van der Waals surface area contributed by atoms with Crippen LogP contribution in [0.2, 0.25) is 0 Å². The Morgan fingerprint density at radius 1 is 0.741 bits per heavy atom. The number of Topliss-reactive ketones (excluding diaryl/α,β-unsaturated/α-hetero) is 2. The lowest BCUT2D eigenvalue weighted by Crippen LogP contribution is -2.59. The molecule has 5 heterocycles. The summed E-state index contributed by atoms with van der Waals surface area (Å²) in [6.07, 6.45) is 5.15. The number of aromatic nitrogens is 3. The van der Waals surface area contributed by atoms with Crippen LogP contribution in [0.5, 0.6) is 5.75 Å². The fourth-order valence-electron chi connectivity index (χ4n) is 8.75. The van der Waals surface area contributed by atoms with Crippen molar-refractivity contribution < 1.29 is 19.5 Å². The lowest BCUT2D eigenvalue weighted by Gasteiger charge is -2.51. The number of benzene rings is 3. The Bertz CT molecular complexity index is 2340. The minimum absolute atomic E-state index is 0.0370. The summed E-state index contributed by atoms with van der Waals surface area (Å²) in [5.41, 5.74) is 3.75. The van der Waals surface area contributed by atoms with E-state index in [-0.39, 0.29) is 29.2 Å². The number of halogens is 1. The number of hydrogen-bond acceptors (Lipinski definition) is 7. The van der Waals surface area contributed by atoms with Gasteiger partial charge in [-0.05, 0) is 86.0 Å². The number of ketones is 2. The van der Waals surface area contributed by atoms with Gasteiger partial charge in [0, 0.05) is 34.9 Å². The van der Waals surface area contributed by atoms with E-state index in [0.29, 0.717) is 15.9 Å². The Labute approximate surface area is 322 Å². The molecule has 54 heavy (non-hydrogen) atoms. The van der Waals surface area contributed by atoms with Gasteiger partial charge in [0.25, 0.3) is 0 Å².